The summed E-state index contributed by atoms with van der Waals surface area (Å²) in [6, 6.07) is 7.26. The Morgan fingerprint density at radius 1 is 1.25 bits per heavy atom. The molecule has 0 spiro atoms. The Labute approximate surface area is 104 Å². The second-order valence-electron chi connectivity index (χ2n) is 4.72. The van der Waals surface area contributed by atoms with Gasteiger partial charge in [0.2, 0.25) is 0 Å². The van der Waals surface area contributed by atoms with Crippen molar-refractivity contribution in [1.29, 1.82) is 0 Å². The Hall–Kier alpha value is -0.470. The lowest BCUT2D eigenvalue weighted by Crippen LogP contribution is -2.32. The van der Waals surface area contributed by atoms with Crippen LogP contribution in [0.3, 0.4) is 0 Å². The largest absolute Gasteiger partial charge is 0.316 e. The Balaban J connectivity index is 2.63. The van der Waals surface area contributed by atoms with Crippen LogP contribution in [0.1, 0.15) is 25.0 Å². The molecule has 0 heterocycles. The maximum absolute atomic E-state index is 3.38. The first-order valence-corrected chi connectivity index (χ1v) is 6.90. The molecule has 0 bridgehead atoms. The maximum atomic E-state index is 3.38. The lowest BCUT2D eigenvalue weighted by Gasteiger charge is -2.20. The molecule has 1 unspecified atom stereocenters. The fourth-order valence-electron chi connectivity index (χ4n) is 1.65. The normalized spacial score (nSPS) is 13.1. The van der Waals surface area contributed by atoms with E-state index in [9.17, 15) is 0 Å². The molecule has 0 saturated carbocycles. The molecule has 1 rings (SSSR count). The van der Waals surface area contributed by atoms with Gasteiger partial charge in [0.25, 0.3) is 0 Å². The summed E-state index contributed by atoms with van der Waals surface area (Å²) >= 11 is 1.96. The minimum absolute atomic E-state index is 0.588. The molecule has 0 aliphatic rings. The summed E-state index contributed by atoms with van der Waals surface area (Å²) in [4.78, 5) is 1.42. The molecule has 1 nitrogen and oxygen atoms in total. The van der Waals surface area contributed by atoms with Crippen molar-refractivity contribution < 1.29 is 0 Å². The summed E-state index contributed by atoms with van der Waals surface area (Å²) in [7, 11) is 2.05. The lowest BCUT2D eigenvalue weighted by molar-refractivity contribution is 0.465. The number of nitrogens with one attached hydrogen (secondary N) is 1. The molecule has 0 aromatic heterocycles. The molecular weight excluding hydrogens is 214 g/mol. The van der Waals surface area contributed by atoms with Gasteiger partial charge in [-0.15, -0.1) is 11.8 Å². The van der Waals surface area contributed by atoms with Crippen molar-refractivity contribution in [2.24, 2.45) is 5.92 Å². The van der Waals surface area contributed by atoms with E-state index in [4.69, 9.17) is 0 Å². The third-order valence-electron chi connectivity index (χ3n) is 2.94. The molecule has 0 aliphatic heterocycles. The molecule has 2 heteroatoms. The zero-order valence-corrected chi connectivity index (χ0v) is 11.8. The van der Waals surface area contributed by atoms with Gasteiger partial charge in [-0.3, -0.25) is 0 Å². The summed E-state index contributed by atoms with van der Waals surface area (Å²) in [6.45, 7) is 8.88. The molecule has 0 amide bonds. The molecule has 1 aromatic rings. The van der Waals surface area contributed by atoms with Gasteiger partial charge in [-0.1, -0.05) is 31.5 Å². The van der Waals surface area contributed by atoms with Crippen LogP contribution in [0.25, 0.3) is 0 Å². The monoisotopic (exact) mass is 237 g/mol. The number of benzene rings is 1. The van der Waals surface area contributed by atoms with Gasteiger partial charge < -0.3 is 5.32 Å². The minimum Gasteiger partial charge on any atom is -0.316 e. The van der Waals surface area contributed by atoms with E-state index in [1.165, 1.54) is 16.0 Å². The van der Waals surface area contributed by atoms with Crippen molar-refractivity contribution in [3.05, 3.63) is 29.3 Å². The van der Waals surface area contributed by atoms with Crippen LogP contribution in [0.4, 0.5) is 0 Å². The number of hydrogen-bond acceptors (Lipinski definition) is 2. The van der Waals surface area contributed by atoms with Gasteiger partial charge in [0, 0.05) is 16.7 Å². The van der Waals surface area contributed by atoms with Crippen molar-refractivity contribution in [1.82, 2.24) is 5.32 Å². The highest BCUT2D eigenvalue weighted by molar-refractivity contribution is 7.99. The summed E-state index contributed by atoms with van der Waals surface area (Å²) in [6.07, 6.45) is 0. The van der Waals surface area contributed by atoms with E-state index < -0.39 is 0 Å². The Morgan fingerprint density at radius 2 is 1.94 bits per heavy atom. The number of rotatable bonds is 5. The summed E-state index contributed by atoms with van der Waals surface area (Å²) in [5, 5.41) is 3.38. The van der Waals surface area contributed by atoms with Crippen LogP contribution >= 0.6 is 11.8 Å². The quantitative estimate of drug-likeness (QED) is 0.785. The second-order valence-corrected chi connectivity index (χ2v) is 5.78. The molecule has 1 N–H and O–H groups in total. The first-order chi connectivity index (χ1) is 7.54. The summed E-state index contributed by atoms with van der Waals surface area (Å²) in [5.41, 5.74) is 2.73. The highest BCUT2D eigenvalue weighted by Crippen LogP contribution is 2.25. The fraction of sp³-hybridized carbons (Fsp3) is 0.571. The molecule has 0 aliphatic carbocycles. The molecule has 1 aromatic carbocycles. The third-order valence-corrected chi connectivity index (χ3v) is 4.21. The summed E-state index contributed by atoms with van der Waals surface area (Å²) < 4.78 is 0. The van der Waals surface area contributed by atoms with Gasteiger partial charge in [0.05, 0.1) is 0 Å². The standard InChI is InChI=1S/C14H23NS/c1-10(2)13(15-5)9-16-14-8-11(3)6-7-12(14)4/h6-8,10,13,15H,9H2,1-5H3. The van der Waals surface area contributed by atoms with E-state index >= 15 is 0 Å². The average Bonchev–Trinajstić information content (AvgIpc) is 2.23. The molecular formula is C14H23NS. The SMILES string of the molecule is CNC(CSc1cc(C)ccc1C)C(C)C. The van der Waals surface area contributed by atoms with Crippen LogP contribution in [-0.2, 0) is 0 Å². The van der Waals surface area contributed by atoms with Crippen molar-refractivity contribution in [3.8, 4) is 0 Å². The topological polar surface area (TPSA) is 12.0 Å². The first-order valence-electron chi connectivity index (χ1n) is 5.92. The molecule has 1 atom stereocenters. The van der Waals surface area contributed by atoms with Crippen LogP contribution in [0.15, 0.2) is 23.1 Å². The van der Waals surface area contributed by atoms with Crippen LogP contribution < -0.4 is 5.32 Å². The van der Waals surface area contributed by atoms with Crippen molar-refractivity contribution in [2.75, 3.05) is 12.8 Å². The van der Waals surface area contributed by atoms with Crippen LogP contribution in [0.5, 0.6) is 0 Å². The molecule has 0 saturated heterocycles. The van der Waals surface area contributed by atoms with Crippen LogP contribution in [0.2, 0.25) is 0 Å². The zero-order valence-electron chi connectivity index (χ0n) is 11.0. The Morgan fingerprint density at radius 3 is 2.50 bits per heavy atom. The highest BCUT2D eigenvalue weighted by Gasteiger charge is 2.11. The van der Waals surface area contributed by atoms with Gasteiger partial charge in [0.1, 0.15) is 0 Å². The molecule has 90 valence electrons. The van der Waals surface area contributed by atoms with Gasteiger partial charge in [-0.2, -0.15) is 0 Å². The predicted octanol–water partition coefficient (Wildman–Crippen LogP) is 3.64. The highest BCUT2D eigenvalue weighted by atomic mass is 32.2. The zero-order chi connectivity index (χ0) is 12.1. The smallest absolute Gasteiger partial charge is 0.0181 e. The minimum atomic E-state index is 0.588. The van der Waals surface area contributed by atoms with Crippen molar-refractivity contribution in [2.45, 2.75) is 38.6 Å². The average molecular weight is 237 g/mol. The number of hydrogen-bond donors (Lipinski definition) is 1. The van der Waals surface area contributed by atoms with Crippen molar-refractivity contribution in [3.63, 3.8) is 0 Å². The van der Waals surface area contributed by atoms with E-state index in [2.05, 4.69) is 51.2 Å². The number of aryl methyl sites for hydroxylation is 2. The van der Waals surface area contributed by atoms with E-state index in [-0.39, 0.29) is 0 Å². The van der Waals surface area contributed by atoms with Gasteiger partial charge >= 0.3 is 0 Å². The molecule has 0 radical (unpaired) electrons. The van der Waals surface area contributed by atoms with Crippen LogP contribution in [0, 0.1) is 19.8 Å². The number of thioether (sulfide) groups is 1. The summed E-state index contributed by atoms with van der Waals surface area (Å²) in [5.74, 6) is 1.82. The second kappa shape index (κ2) is 6.31. The van der Waals surface area contributed by atoms with Crippen LogP contribution in [-0.4, -0.2) is 18.8 Å². The van der Waals surface area contributed by atoms with E-state index in [1.54, 1.807) is 0 Å². The van der Waals surface area contributed by atoms with E-state index in [0.717, 1.165) is 5.75 Å². The molecule has 16 heavy (non-hydrogen) atoms. The maximum Gasteiger partial charge on any atom is 0.0181 e. The predicted molar refractivity (Wildman–Crippen MR) is 74.3 cm³/mol. The van der Waals surface area contributed by atoms with Gasteiger partial charge in [-0.05, 0) is 38.4 Å². The Bertz CT molecular complexity index is 334. The Kier molecular flexibility index (Phi) is 5.36. The third kappa shape index (κ3) is 3.84. The first kappa shape index (κ1) is 13.6. The van der Waals surface area contributed by atoms with Crippen molar-refractivity contribution >= 4 is 11.8 Å². The van der Waals surface area contributed by atoms with Gasteiger partial charge in [-0.25, -0.2) is 0 Å². The molecule has 0 fully saturated rings. The lowest BCUT2D eigenvalue weighted by atomic mass is 10.1. The van der Waals surface area contributed by atoms with E-state index in [0.29, 0.717) is 12.0 Å². The van der Waals surface area contributed by atoms with Gasteiger partial charge in [0.15, 0.2) is 0 Å². The fourth-order valence-corrected chi connectivity index (χ4v) is 3.13. The van der Waals surface area contributed by atoms with E-state index in [1.807, 2.05) is 18.8 Å².